The van der Waals surface area contributed by atoms with Crippen LogP contribution in [0.3, 0.4) is 0 Å². The second kappa shape index (κ2) is 12.8. The quantitative estimate of drug-likeness (QED) is 0.183. The summed E-state index contributed by atoms with van der Waals surface area (Å²) in [5.41, 5.74) is 3.62. The van der Waals surface area contributed by atoms with Crippen molar-refractivity contribution in [2.75, 3.05) is 19.1 Å². The topological polar surface area (TPSA) is 91.6 Å². The van der Waals surface area contributed by atoms with Gasteiger partial charge in [-0.05, 0) is 83.6 Å². The molecule has 0 radical (unpaired) electrons. The van der Waals surface area contributed by atoms with Crippen LogP contribution in [0.2, 0.25) is 10.0 Å². The van der Waals surface area contributed by atoms with Gasteiger partial charge in [0.2, 0.25) is 0 Å². The number of rotatable bonds is 8. The summed E-state index contributed by atoms with van der Waals surface area (Å²) in [6, 6.07) is 22.2. The number of carbonyl (C=O) groups is 1. The van der Waals surface area contributed by atoms with Gasteiger partial charge in [0, 0.05) is 20.5 Å². The first kappa shape index (κ1) is 30.4. The zero-order valence-corrected chi connectivity index (χ0v) is 26.4. The van der Waals surface area contributed by atoms with Crippen molar-refractivity contribution in [3.05, 3.63) is 129 Å². The van der Waals surface area contributed by atoms with Crippen molar-refractivity contribution >= 4 is 63.8 Å². The number of aromatic hydroxyl groups is 2. The average molecular weight is 658 g/mol. The van der Waals surface area contributed by atoms with Gasteiger partial charge in [-0.3, -0.25) is 4.79 Å². The summed E-state index contributed by atoms with van der Waals surface area (Å²) in [6.45, 7) is 0. The van der Waals surface area contributed by atoms with Crippen LogP contribution >= 0.6 is 35.0 Å². The maximum Gasteiger partial charge on any atom is 0.186 e. The lowest BCUT2D eigenvalue weighted by molar-refractivity contribution is -0.111. The van der Waals surface area contributed by atoms with Crippen LogP contribution in [0.1, 0.15) is 22.7 Å². The smallest absolute Gasteiger partial charge is 0.186 e. The Hall–Kier alpha value is -4.63. The van der Waals surface area contributed by atoms with Crippen LogP contribution < -0.4 is 14.4 Å². The fourth-order valence-electron chi connectivity index (χ4n) is 5.22. The van der Waals surface area contributed by atoms with Gasteiger partial charge < -0.3 is 24.6 Å². The van der Waals surface area contributed by atoms with Crippen LogP contribution in [0.5, 0.6) is 23.0 Å². The zero-order chi connectivity index (χ0) is 31.7. The number of benzene rings is 4. The lowest BCUT2D eigenvalue weighted by atomic mass is 9.90. The number of methoxy groups -OCH3 is 2. The molecule has 0 amide bonds. The molecule has 4 aromatic rings. The summed E-state index contributed by atoms with van der Waals surface area (Å²) in [5, 5.41) is 21.6. The zero-order valence-electron chi connectivity index (χ0n) is 24.1. The highest BCUT2D eigenvalue weighted by atomic mass is 35.5. The average Bonchev–Trinajstić information content (AvgIpc) is 3.41. The summed E-state index contributed by atoms with van der Waals surface area (Å²) in [4.78, 5) is 22.3. The van der Waals surface area contributed by atoms with Gasteiger partial charge in [0.15, 0.2) is 33.9 Å². The number of phenols is 2. The Morgan fingerprint density at radius 2 is 1.47 bits per heavy atom. The normalized spacial score (nSPS) is 15.8. The monoisotopic (exact) mass is 656 g/mol. The molecule has 0 bridgehead atoms. The van der Waals surface area contributed by atoms with Crippen molar-refractivity contribution < 1.29 is 24.5 Å². The molecule has 45 heavy (non-hydrogen) atoms. The van der Waals surface area contributed by atoms with Crippen molar-refractivity contribution in [1.29, 1.82) is 0 Å². The Balaban J connectivity index is 1.55. The van der Waals surface area contributed by atoms with Crippen LogP contribution in [-0.4, -0.2) is 35.4 Å². The molecule has 1 atom stereocenters. The van der Waals surface area contributed by atoms with Gasteiger partial charge in [0.25, 0.3) is 0 Å². The number of para-hydroxylation sites is 1. The third kappa shape index (κ3) is 5.92. The minimum Gasteiger partial charge on any atom is -0.504 e. The Morgan fingerprint density at radius 1 is 0.844 bits per heavy atom. The third-order valence-electron chi connectivity index (χ3n) is 7.36. The third-order valence-corrected chi connectivity index (χ3v) is 9.06. The first-order valence-electron chi connectivity index (χ1n) is 13.8. The number of halogens is 2. The number of thioether (sulfide) groups is 1. The Labute approximate surface area is 274 Å². The van der Waals surface area contributed by atoms with Crippen molar-refractivity contribution in [1.82, 2.24) is 0 Å². The highest BCUT2D eigenvalue weighted by molar-refractivity contribution is 8.14. The predicted molar refractivity (Wildman–Crippen MR) is 181 cm³/mol. The molecule has 0 fully saturated rings. The summed E-state index contributed by atoms with van der Waals surface area (Å²) < 4.78 is 10.5. The molecule has 0 aromatic heterocycles. The number of fused-ring (bicyclic) bond motifs is 3. The van der Waals surface area contributed by atoms with E-state index in [9.17, 15) is 15.0 Å². The number of phenolic OH excluding ortho intramolecular Hbond substituents is 2. The van der Waals surface area contributed by atoms with Crippen LogP contribution in [0.4, 0.5) is 5.69 Å². The number of hydrogen-bond donors (Lipinski definition) is 2. The van der Waals surface area contributed by atoms with Gasteiger partial charge in [-0.1, -0.05) is 65.7 Å². The van der Waals surface area contributed by atoms with E-state index in [1.165, 1.54) is 44.2 Å². The molecule has 1 unspecified atom stereocenters. The second-order valence-electron chi connectivity index (χ2n) is 10.1. The minimum absolute atomic E-state index is 0.00487. The lowest BCUT2D eigenvalue weighted by Gasteiger charge is -2.36. The largest absolute Gasteiger partial charge is 0.504 e. The molecule has 7 nitrogen and oxygen atoms in total. The molecule has 6 rings (SSSR count). The molecule has 0 saturated heterocycles. The van der Waals surface area contributed by atoms with E-state index in [0.717, 1.165) is 16.1 Å². The summed E-state index contributed by atoms with van der Waals surface area (Å²) in [5.74, 6) is 0.300. The molecule has 0 saturated carbocycles. The molecule has 2 aliphatic rings. The number of allylic oxidation sites excluding steroid dienone is 2. The Kier molecular flexibility index (Phi) is 8.63. The van der Waals surface area contributed by atoms with Gasteiger partial charge in [-0.15, -0.1) is 0 Å². The molecule has 2 heterocycles. The highest BCUT2D eigenvalue weighted by Crippen LogP contribution is 2.52. The van der Waals surface area contributed by atoms with Crippen molar-refractivity contribution in [2.45, 2.75) is 10.9 Å². The fourth-order valence-corrected chi connectivity index (χ4v) is 6.88. The van der Waals surface area contributed by atoms with Crippen molar-refractivity contribution in [3.63, 3.8) is 0 Å². The molecule has 10 heteroatoms. The molecule has 2 N–H and O–H groups in total. The summed E-state index contributed by atoms with van der Waals surface area (Å²) in [6.07, 6.45) is 6.69. The van der Waals surface area contributed by atoms with E-state index < -0.39 is 6.04 Å². The molecular formula is C35H26Cl2N2O5S. The van der Waals surface area contributed by atoms with E-state index in [4.69, 9.17) is 37.7 Å². The standard InChI is InChI=1S/C35H26Cl2N2O5S/c1-43-29-18-20(11-15-26(29)40)10-14-24-33(28(42)17-13-21-12-16-27(41)30(19-21)44-2)34(32-22(36)6-5-7-23(32)37)39-25-8-3-4-9-31(25)45-35(39)38-24/h3-19,34,40-41H,1-2H3/b14-10+,17-13+. The molecule has 4 aromatic carbocycles. The molecule has 2 aliphatic heterocycles. The maximum atomic E-state index is 14.4. The SMILES string of the molecule is COc1cc(/C=C/C(=O)C2=C(/C=C/c3ccc(O)c(OC)c3)N=C3Sc4ccccc4N3C2c2c(Cl)cccc2Cl)ccc1O. The number of carbonyl (C=O) groups excluding carboxylic acids is 1. The number of anilines is 1. The first-order chi connectivity index (χ1) is 21.8. The fraction of sp³-hybridized carbons (Fsp3) is 0.0857. The van der Waals surface area contributed by atoms with Crippen molar-refractivity contribution in [3.8, 4) is 23.0 Å². The van der Waals surface area contributed by atoms with E-state index in [0.29, 0.717) is 43.4 Å². The molecular weight excluding hydrogens is 631 g/mol. The number of amidine groups is 1. The van der Waals surface area contributed by atoms with E-state index in [2.05, 4.69) is 0 Å². The number of ether oxygens (including phenoxy) is 2. The molecule has 0 spiro atoms. The Bertz CT molecular complexity index is 1930. The van der Waals surface area contributed by atoms with E-state index >= 15 is 0 Å². The number of hydrogen-bond acceptors (Lipinski definition) is 8. The van der Waals surface area contributed by atoms with Crippen LogP contribution in [0.15, 0.2) is 112 Å². The first-order valence-corrected chi connectivity index (χ1v) is 15.3. The lowest BCUT2D eigenvalue weighted by Crippen LogP contribution is -2.37. The number of ketones is 1. The minimum atomic E-state index is -0.713. The predicted octanol–water partition coefficient (Wildman–Crippen LogP) is 8.69. The van der Waals surface area contributed by atoms with Gasteiger partial charge >= 0.3 is 0 Å². The van der Waals surface area contributed by atoms with Crippen LogP contribution in [0.25, 0.3) is 12.2 Å². The van der Waals surface area contributed by atoms with Gasteiger partial charge in [0.05, 0.1) is 37.2 Å². The van der Waals surface area contributed by atoms with E-state index in [1.54, 1.807) is 60.7 Å². The van der Waals surface area contributed by atoms with Gasteiger partial charge in [0.1, 0.15) is 0 Å². The summed E-state index contributed by atoms with van der Waals surface area (Å²) >= 11 is 15.2. The molecule has 226 valence electrons. The van der Waals surface area contributed by atoms with Crippen LogP contribution in [-0.2, 0) is 4.79 Å². The maximum absolute atomic E-state index is 14.4. The Morgan fingerprint density at radius 3 is 2.11 bits per heavy atom. The van der Waals surface area contributed by atoms with Crippen LogP contribution in [0, 0.1) is 0 Å². The summed E-state index contributed by atoms with van der Waals surface area (Å²) in [7, 11) is 2.94. The second-order valence-corrected chi connectivity index (χ2v) is 11.9. The number of aliphatic imine (C=N–C) groups is 1. The van der Waals surface area contributed by atoms with Gasteiger partial charge in [-0.25, -0.2) is 4.99 Å². The van der Waals surface area contributed by atoms with E-state index in [1.807, 2.05) is 29.2 Å². The number of nitrogens with zero attached hydrogens (tertiary/aromatic N) is 2. The molecule has 0 aliphatic carbocycles. The van der Waals surface area contributed by atoms with Crippen molar-refractivity contribution in [2.24, 2.45) is 4.99 Å². The highest BCUT2D eigenvalue weighted by Gasteiger charge is 2.42. The van der Waals surface area contributed by atoms with Gasteiger partial charge in [-0.2, -0.15) is 0 Å². The van der Waals surface area contributed by atoms with E-state index in [-0.39, 0.29) is 23.0 Å².